The quantitative estimate of drug-likeness (QED) is 0.730. The highest BCUT2D eigenvalue weighted by molar-refractivity contribution is 6.00. The standard InChI is InChI=1S/C13H17N3O2/c1-9-2-5-14-11-10(9)16-12(17)13(8-15-11)3-6-18-7-4-13/h2,5H,3-4,6-8H2,1H3,(H,14,15)(H,16,17). The predicted molar refractivity (Wildman–Crippen MR) is 68.6 cm³/mol. The molecule has 1 amide bonds. The average molecular weight is 247 g/mol. The van der Waals surface area contributed by atoms with E-state index in [-0.39, 0.29) is 11.3 Å². The Morgan fingerprint density at radius 2 is 2.17 bits per heavy atom. The molecule has 0 aliphatic carbocycles. The van der Waals surface area contributed by atoms with Crippen molar-refractivity contribution in [2.75, 3.05) is 30.4 Å². The second-order valence-corrected chi connectivity index (χ2v) is 5.05. The normalized spacial score (nSPS) is 21.7. The molecule has 0 bridgehead atoms. The van der Waals surface area contributed by atoms with Crippen LogP contribution in [-0.4, -0.2) is 30.6 Å². The van der Waals surface area contributed by atoms with Crippen LogP contribution in [0.3, 0.4) is 0 Å². The number of amides is 1. The van der Waals surface area contributed by atoms with Gasteiger partial charge in [-0.05, 0) is 31.4 Å². The number of anilines is 2. The monoisotopic (exact) mass is 247 g/mol. The number of aryl methyl sites for hydroxylation is 1. The number of pyridine rings is 1. The van der Waals surface area contributed by atoms with Crippen LogP contribution >= 0.6 is 0 Å². The Morgan fingerprint density at radius 3 is 2.94 bits per heavy atom. The molecule has 2 aliphatic heterocycles. The van der Waals surface area contributed by atoms with Gasteiger partial charge in [-0.1, -0.05) is 0 Å². The lowest BCUT2D eigenvalue weighted by atomic mass is 9.79. The Kier molecular flexibility index (Phi) is 2.70. The molecule has 2 aliphatic rings. The van der Waals surface area contributed by atoms with Crippen molar-refractivity contribution in [2.45, 2.75) is 19.8 Å². The van der Waals surface area contributed by atoms with Gasteiger partial charge in [0.25, 0.3) is 0 Å². The number of nitrogens with zero attached hydrogens (tertiary/aromatic N) is 1. The third kappa shape index (κ3) is 1.75. The molecule has 1 fully saturated rings. The van der Waals surface area contributed by atoms with E-state index in [1.807, 2.05) is 13.0 Å². The fraction of sp³-hybridized carbons (Fsp3) is 0.538. The molecule has 18 heavy (non-hydrogen) atoms. The van der Waals surface area contributed by atoms with Crippen molar-refractivity contribution in [1.82, 2.24) is 4.98 Å². The Labute approximate surface area is 106 Å². The fourth-order valence-electron chi connectivity index (χ4n) is 2.60. The predicted octanol–water partition coefficient (Wildman–Crippen LogP) is 1.55. The van der Waals surface area contributed by atoms with Crippen molar-refractivity contribution in [3.8, 4) is 0 Å². The molecule has 1 saturated heterocycles. The first kappa shape index (κ1) is 11.5. The van der Waals surface area contributed by atoms with Gasteiger partial charge >= 0.3 is 0 Å². The second-order valence-electron chi connectivity index (χ2n) is 5.05. The molecule has 0 radical (unpaired) electrons. The van der Waals surface area contributed by atoms with Gasteiger partial charge in [0.15, 0.2) is 0 Å². The molecule has 0 atom stereocenters. The molecule has 1 aromatic rings. The average Bonchev–Trinajstić information content (AvgIpc) is 2.52. The molecule has 0 unspecified atom stereocenters. The zero-order valence-electron chi connectivity index (χ0n) is 10.5. The highest BCUT2D eigenvalue weighted by atomic mass is 16.5. The third-order valence-corrected chi connectivity index (χ3v) is 3.92. The Balaban J connectivity index is 1.95. The van der Waals surface area contributed by atoms with E-state index in [0.29, 0.717) is 19.8 Å². The van der Waals surface area contributed by atoms with E-state index in [4.69, 9.17) is 4.74 Å². The number of nitrogens with one attached hydrogen (secondary N) is 2. The smallest absolute Gasteiger partial charge is 0.232 e. The van der Waals surface area contributed by atoms with E-state index in [1.54, 1.807) is 6.20 Å². The summed E-state index contributed by atoms with van der Waals surface area (Å²) >= 11 is 0. The molecule has 1 aromatic heterocycles. The van der Waals surface area contributed by atoms with Crippen LogP contribution in [-0.2, 0) is 9.53 Å². The van der Waals surface area contributed by atoms with Gasteiger partial charge in [-0.3, -0.25) is 4.79 Å². The molecule has 3 rings (SSSR count). The van der Waals surface area contributed by atoms with E-state index in [9.17, 15) is 4.79 Å². The van der Waals surface area contributed by atoms with Gasteiger partial charge in [-0.25, -0.2) is 4.98 Å². The largest absolute Gasteiger partial charge is 0.381 e. The van der Waals surface area contributed by atoms with Gasteiger partial charge in [0, 0.05) is 26.0 Å². The first-order valence-corrected chi connectivity index (χ1v) is 6.30. The van der Waals surface area contributed by atoms with E-state index in [2.05, 4.69) is 15.6 Å². The maximum Gasteiger partial charge on any atom is 0.232 e. The van der Waals surface area contributed by atoms with Crippen LogP contribution in [0.1, 0.15) is 18.4 Å². The molecule has 5 heteroatoms. The zero-order valence-corrected chi connectivity index (χ0v) is 10.5. The number of rotatable bonds is 0. The number of hydrogen-bond acceptors (Lipinski definition) is 4. The number of aromatic nitrogens is 1. The molecule has 5 nitrogen and oxygen atoms in total. The summed E-state index contributed by atoms with van der Waals surface area (Å²) in [5.41, 5.74) is 1.49. The summed E-state index contributed by atoms with van der Waals surface area (Å²) in [5, 5.41) is 6.34. The van der Waals surface area contributed by atoms with E-state index >= 15 is 0 Å². The first-order chi connectivity index (χ1) is 8.71. The molecule has 1 spiro atoms. The maximum atomic E-state index is 12.5. The highest BCUT2D eigenvalue weighted by Gasteiger charge is 2.42. The van der Waals surface area contributed by atoms with E-state index in [0.717, 1.165) is 29.9 Å². The number of carbonyl (C=O) groups is 1. The third-order valence-electron chi connectivity index (χ3n) is 3.92. The van der Waals surface area contributed by atoms with Crippen molar-refractivity contribution in [3.63, 3.8) is 0 Å². The Hall–Kier alpha value is -1.62. The number of fused-ring (bicyclic) bond motifs is 1. The molecule has 0 aromatic carbocycles. The lowest BCUT2D eigenvalue weighted by Crippen LogP contribution is -2.44. The molecular formula is C13H17N3O2. The SMILES string of the molecule is Cc1ccnc2c1NC(=O)C1(CCOCC1)CN2. The van der Waals surface area contributed by atoms with Gasteiger partial charge in [0.1, 0.15) is 5.82 Å². The van der Waals surface area contributed by atoms with Crippen LogP contribution in [0.25, 0.3) is 0 Å². The maximum absolute atomic E-state index is 12.5. The highest BCUT2D eigenvalue weighted by Crippen LogP contribution is 2.37. The van der Waals surface area contributed by atoms with Gasteiger partial charge in [-0.15, -0.1) is 0 Å². The minimum atomic E-state index is -0.356. The van der Waals surface area contributed by atoms with Crippen LogP contribution < -0.4 is 10.6 Å². The molecule has 2 N–H and O–H groups in total. The lowest BCUT2D eigenvalue weighted by molar-refractivity contribution is -0.129. The summed E-state index contributed by atoms with van der Waals surface area (Å²) in [6, 6.07) is 1.91. The lowest BCUT2D eigenvalue weighted by Gasteiger charge is -2.34. The summed E-state index contributed by atoms with van der Waals surface area (Å²) in [4.78, 5) is 16.8. The summed E-state index contributed by atoms with van der Waals surface area (Å²) < 4.78 is 5.36. The summed E-state index contributed by atoms with van der Waals surface area (Å²) in [7, 11) is 0. The molecule has 0 saturated carbocycles. The van der Waals surface area contributed by atoms with Crippen molar-refractivity contribution < 1.29 is 9.53 Å². The molecular weight excluding hydrogens is 230 g/mol. The van der Waals surface area contributed by atoms with Crippen molar-refractivity contribution in [1.29, 1.82) is 0 Å². The summed E-state index contributed by atoms with van der Waals surface area (Å²) in [5.74, 6) is 0.861. The van der Waals surface area contributed by atoms with Gasteiger partial charge < -0.3 is 15.4 Å². The number of ether oxygens (including phenoxy) is 1. The van der Waals surface area contributed by atoms with Gasteiger partial charge in [-0.2, -0.15) is 0 Å². The van der Waals surface area contributed by atoms with Crippen LogP contribution in [0.2, 0.25) is 0 Å². The second kappa shape index (κ2) is 4.24. The summed E-state index contributed by atoms with van der Waals surface area (Å²) in [6.07, 6.45) is 3.28. The Bertz CT molecular complexity index is 481. The van der Waals surface area contributed by atoms with Crippen LogP contribution in [0.15, 0.2) is 12.3 Å². The number of hydrogen-bond donors (Lipinski definition) is 2. The minimum Gasteiger partial charge on any atom is -0.381 e. The summed E-state index contributed by atoms with van der Waals surface area (Å²) in [6.45, 7) is 3.91. The fourth-order valence-corrected chi connectivity index (χ4v) is 2.60. The topological polar surface area (TPSA) is 63.2 Å². The van der Waals surface area contributed by atoms with Gasteiger partial charge in [0.2, 0.25) is 5.91 Å². The van der Waals surface area contributed by atoms with Crippen molar-refractivity contribution in [3.05, 3.63) is 17.8 Å². The van der Waals surface area contributed by atoms with Crippen LogP contribution in [0.5, 0.6) is 0 Å². The van der Waals surface area contributed by atoms with Crippen molar-refractivity contribution >= 4 is 17.4 Å². The van der Waals surface area contributed by atoms with E-state index < -0.39 is 0 Å². The first-order valence-electron chi connectivity index (χ1n) is 6.30. The Morgan fingerprint density at radius 1 is 1.39 bits per heavy atom. The van der Waals surface area contributed by atoms with Crippen LogP contribution in [0, 0.1) is 12.3 Å². The van der Waals surface area contributed by atoms with Crippen LogP contribution in [0.4, 0.5) is 11.5 Å². The zero-order chi connectivity index (χ0) is 12.6. The molecule has 3 heterocycles. The molecule has 96 valence electrons. The minimum absolute atomic E-state index is 0.0909. The van der Waals surface area contributed by atoms with Gasteiger partial charge in [0.05, 0.1) is 11.1 Å². The van der Waals surface area contributed by atoms with E-state index in [1.165, 1.54) is 0 Å². The number of carbonyl (C=O) groups excluding carboxylic acids is 1. The van der Waals surface area contributed by atoms with Crippen molar-refractivity contribution in [2.24, 2.45) is 5.41 Å².